The fourth-order valence-corrected chi connectivity index (χ4v) is 4.07. The summed E-state index contributed by atoms with van der Waals surface area (Å²) >= 11 is 0. The highest BCUT2D eigenvalue weighted by Gasteiger charge is 2.33. The molecule has 4 heterocycles. The summed E-state index contributed by atoms with van der Waals surface area (Å²) in [4.78, 5) is 12.7. The maximum atomic E-state index is 12.7. The lowest BCUT2D eigenvalue weighted by molar-refractivity contribution is -0.116. The van der Waals surface area contributed by atoms with Crippen LogP contribution in [-0.4, -0.2) is 49.7 Å². The predicted octanol–water partition coefficient (Wildman–Crippen LogP) is 2.42. The van der Waals surface area contributed by atoms with Gasteiger partial charge < -0.3 is 14.8 Å². The van der Waals surface area contributed by atoms with Gasteiger partial charge in [-0.25, -0.2) is 0 Å². The van der Waals surface area contributed by atoms with Crippen molar-refractivity contribution >= 4 is 17.4 Å². The Morgan fingerprint density at radius 2 is 1.84 bits per heavy atom. The molecule has 1 aliphatic rings. The number of carbonyl (C=O) groups excluding carboxylic acids is 1. The van der Waals surface area contributed by atoms with Gasteiger partial charge in [-0.15, -0.1) is 15.3 Å². The molecular weight excluding hydrogens is 398 g/mol. The van der Waals surface area contributed by atoms with Crippen molar-refractivity contribution in [2.24, 2.45) is 0 Å². The number of methoxy groups -OCH3 is 2. The molecular formula is C21H21N7O3. The molecule has 0 unspecified atom stereocenters. The molecule has 0 aliphatic carbocycles. The molecule has 0 fully saturated rings. The van der Waals surface area contributed by atoms with Crippen LogP contribution in [0.2, 0.25) is 0 Å². The molecule has 0 saturated carbocycles. The number of hydrogen-bond acceptors (Lipinski definition) is 7. The number of rotatable bonds is 4. The van der Waals surface area contributed by atoms with Gasteiger partial charge in [0.15, 0.2) is 28.8 Å². The standard InChI is InChI=1S/C21H21N7O3/c1-11-20-14(13-5-6-15(30-3)16(9-13)31-4)10-19(29)22-21(20)28(25-11)18-8-7-17-24-23-12(2)27(17)26-18/h5-9,14H,10H2,1-4H3,(H,22,29)/t14-/m1/s1. The zero-order valence-corrected chi connectivity index (χ0v) is 17.6. The van der Waals surface area contributed by atoms with Crippen LogP contribution in [0.15, 0.2) is 30.3 Å². The number of amides is 1. The van der Waals surface area contributed by atoms with E-state index in [1.165, 1.54) is 0 Å². The van der Waals surface area contributed by atoms with Gasteiger partial charge in [0, 0.05) is 17.9 Å². The van der Waals surface area contributed by atoms with Gasteiger partial charge in [-0.2, -0.15) is 14.3 Å². The van der Waals surface area contributed by atoms with Crippen LogP contribution in [0.25, 0.3) is 11.5 Å². The van der Waals surface area contributed by atoms with Crippen molar-refractivity contribution < 1.29 is 14.3 Å². The Bertz CT molecular complexity index is 1320. The van der Waals surface area contributed by atoms with Gasteiger partial charge in [0.25, 0.3) is 0 Å². The first-order valence-corrected chi connectivity index (χ1v) is 9.81. The minimum atomic E-state index is -0.169. The second-order valence-corrected chi connectivity index (χ2v) is 7.39. The van der Waals surface area contributed by atoms with Gasteiger partial charge in [0.1, 0.15) is 5.82 Å². The Morgan fingerprint density at radius 3 is 2.61 bits per heavy atom. The first-order chi connectivity index (χ1) is 15.0. The molecule has 3 aromatic heterocycles. The second kappa shape index (κ2) is 7.08. The van der Waals surface area contributed by atoms with E-state index >= 15 is 0 Å². The third kappa shape index (κ3) is 2.98. The summed E-state index contributed by atoms with van der Waals surface area (Å²) in [5.74, 6) is 2.85. The van der Waals surface area contributed by atoms with Gasteiger partial charge in [0.05, 0.1) is 19.9 Å². The van der Waals surface area contributed by atoms with Crippen LogP contribution in [0.3, 0.4) is 0 Å². The van der Waals surface area contributed by atoms with Gasteiger partial charge in [0.2, 0.25) is 5.91 Å². The number of anilines is 1. The van der Waals surface area contributed by atoms with Crippen LogP contribution in [0.4, 0.5) is 5.82 Å². The van der Waals surface area contributed by atoms with E-state index in [0.29, 0.717) is 41.0 Å². The van der Waals surface area contributed by atoms with Crippen molar-refractivity contribution in [3.8, 4) is 17.3 Å². The highest BCUT2D eigenvalue weighted by atomic mass is 16.5. The van der Waals surface area contributed by atoms with Crippen LogP contribution in [-0.2, 0) is 4.79 Å². The number of nitrogens with one attached hydrogen (secondary N) is 1. The first-order valence-electron chi connectivity index (χ1n) is 9.81. The van der Waals surface area contributed by atoms with E-state index in [-0.39, 0.29) is 11.8 Å². The third-order valence-electron chi connectivity index (χ3n) is 5.53. The molecule has 1 atom stereocenters. The van der Waals surface area contributed by atoms with Crippen LogP contribution >= 0.6 is 0 Å². The quantitative estimate of drug-likeness (QED) is 0.541. The van der Waals surface area contributed by atoms with Crippen LogP contribution < -0.4 is 14.8 Å². The van der Waals surface area contributed by atoms with E-state index in [4.69, 9.17) is 14.6 Å². The zero-order chi connectivity index (χ0) is 21.7. The largest absolute Gasteiger partial charge is 0.493 e. The molecule has 4 aromatic rings. The summed E-state index contributed by atoms with van der Waals surface area (Å²) < 4.78 is 14.1. The highest BCUT2D eigenvalue weighted by molar-refractivity contribution is 5.95. The average molecular weight is 419 g/mol. The normalized spacial score (nSPS) is 15.6. The van der Waals surface area contributed by atoms with Gasteiger partial charge in [-0.05, 0) is 43.7 Å². The van der Waals surface area contributed by atoms with E-state index in [9.17, 15) is 4.79 Å². The molecule has 1 N–H and O–H groups in total. The van der Waals surface area contributed by atoms with Gasteiger partial charge in [-0.1, -0.05) is 6.07 Å². The molecule has 0 spiro atoms. The molecule has 31 heavy (non-hydrogen) atoms. The first kappa shape index (κ1) is 19.0. The number of nitrogens with zero attached hydrogens (tertiary/aromatic N) is 6. The van der Waals surface area contributed by atoms with Gasteiger partial charge in [-0.3, -0.25) is 4.79 Å². The molecule has 10 nitrogen and oxygen atoms in total. The molecule has 0 bridgehead atoms. The lowest BCUT2D eigenvalue weighted by Crippen LogP contribution is -2.25. The summed E-state index contributed by atoms with van der Waals surface area (Å²) in [5, 5.41) is 20.4. The smallest absolute Gasteiger partial charge is 0.226 e. The van der Waals surface area contributed by atoms with E-state index < -0.39 is 0 Å². The molecule has 1 aliphatic heterocycles. The number of carbonyl (C=O) groups is 1. The van der Waals surface area contributed by atoms with Crippen molar-refractivity contribution in [3.63, 3.8) is 0 Å². The lowest BCUT2D eigenvalue weighted by Gasteiger charge is -2.25. The Morgan fingerprint density at radius 1 is 1.03 bits per heavy atom. The number of fused-ring (bicyclic) bond motifs is 2. The number of benzene rings is 1. The second-order valence-electron chi connectivity index (χ2n) is 7.39. The van der Waals surface area contributed by atoms with Crippen molar-refractivity contribution in [3.05, 3.63) is 53.0 Å². The monoisotopic (exact) mass is 419 g/mol. The Balaban J connectivity index is 1.65. The predicted molar refractivity (Wildman–Crippen MR) is 112 cm³/mol. The van der Waals surface area contributed by atoms with Crippen molar-refractivity contribution in [1.29, 1.82) is 0 Å². The zero-order valence-electron chi connectivity index (χ0n) is 17.6. The summed E-state index contributed by atoms with van der Waals surface area (Å²) in [6.07, 6.45) is 0.312. The van der Waals surface area contributed by atoms with E-state index in [1.807, 2.05) is 44.2 Å². The number of aromatic nitrogens is 6. The van der Waals surface area contributed by atoms with Crippen LogP contribution in [0.5, 0.6) is 11.5 Å². The van der Waals surface area contributed by atoms with Crippen molar-refractivity contribution in [2.75, 3.05) is 19.5 Å². The fraction of sp³-hybridized carbons (Fsp3) is 0.286. The maximum absolute atomic E-state index is 12.7. The van der Waals surface area contributed by atoms with Crippen LogP contribution in [0.1, 0.15) is 35.0 Å². The Labute approximate surface area is 177 Å². The Hall–Kier alpha value is -3.95. The minimum Gasteiger partial charge on any atom is -0.493 e. The minimum absolute atomic E-state index is 0.0880. The maximum Gasteiger partial charge on any atom is 0.226 e. The number of ether oxygens (including phenoxy) is 2. The van der Waals surface area contributed by atoms with Crippen LogP contribution in [0, 0.1) is 13.8 Å². The number of aryl methyl sites for hydroxylation is 2. The summed E-state index contributed by atoms with van der Waals surface area (Å²) in [5.41, 5.74) is 3.37. The molecule has 158 valence electrons. The molecule has 5 rings (SSSR count). The Kier molecular flexibility index (Phi) is 4.35. The SMILES string of the molecule is COc1ccc([C@H]2CC(=O)Nc3c2c(C)nn3-c2ccc3nnc(C)n3n2)cc1OC. The molecule has 1 aromatic carbocycles. The lowest BCUT2D eigenvalue weighted by atomic mass is 9.85. The molecule has 10 heteroatoms. The third-order valence-corrected chi connectivity index (χ3v) is 5.53. The highest BCUT2D eigenvalue weighted by Crippen LogP contribution is 2.42. The van der Waals surface area contributed by atoms with Crippen molar-refractivity contribution in [2.45, 2.75) is 26.2 Å². The molecule has 0 radical (unpaired) electrons. The fourth-order valence-electron chi connectivity index (χ4n) is 4.07. The number of hydrogen-bond donors (Lipinski definition) is 1. The molecule has 0 saturated heterocycles. The van der Waals surface area contributed by atoms with E-state index in [0.717, 1.165) is 16.8 Å². The van der Waals surface area contributed by atoms with Crippen molar-refractivity contribution in [1.82, 2.24) is 29.6 Å². The average Bonchev–Trinajstić information content (AvgIpc) is 3.32. The van der Waals surface area contributed by atoms with Gasteiger partial charge >= 0.3 is 0 Å². The summed E-state index contributed by atoms with van der Waals surface area (Å²) in [6, 6.07) is 9.35. The van der Waals surface area contributed by atoms with E-state index in [2.05, 4.69) is 20.6 Å². The summed E-state index contributed by atoms with van der Waals surface area (Å²) in [7, 11) is 3.19. The molecule has 1 amide bonds. The topological polar surface area (TPSA) is 108 Å². The summed E-state index contributed by atoms with van der Waals surface area (Å²) in [6.45, 7) is 3.76. The van der Waals surface area contributed by atoms with E-state index in [1.54, 1.807) is 23.4 Å².